The molecule has 2 aromatic rings. The number of halogens is 1. The van der Waals surface area contributed by atoms with Gasteiger partial charge in [0.1, 0.15) is 11.5 Å². The maximum Gasteiger partial charge on any atom is 0.355 e. The summed E-state index contributed by atoms with van der Waals surface area (Å²) in [6.45, 7) is 6.07. The molecule has 1 saturated heterocycles. The van der Waals surface area contributed by atoms with E-state index in [4.69, 9.17) is 16.3 Å². The van der Waals surface area contributed by atoms with Crippen molar-refractivity contribution < 1.29 is 24.2 Å². The number of likely N-dealkylation sites (tertiary alicyclic amines) is 1. The van der Waals surface area contributed by atoms with Crippen LogP contribution in [0.2, 0.25) is 5.02 Å². The minimum Gasteiger partial charge on any atom is -0.507 e. The number of aryl methyl sites for hydroxylation is 1. The van der Waals surface area contributed by atoms with Gasteiger partial charge >= 0.3 is 5.97 Å². The first kappa shape index (κ1) is 24.5. The molecule has 1 aliphatic heterocycles. The van der Waals surface area contributed by atoms with E-state index in [-0.39, 0.29) is 23.6 Å². The summed E-state index contributed by atoms with van der Waals surface area (Å²) in [7, 11) is 3.74. The van der Waals surface area contributed by atoms with Crippen molar-refractivity contribution in [2.75, 3.05) is 33.8 Å². The van der Waals surface area contributed by atoms with E-state index >= 15 is 0 Å². The van der Waals surface area contributed by atoms with Crippen molar-refractivity contribution in [1.82, 2.24) is 14.8 Å². The summed E-state index contributed by atoms with van der Waals surface area (Å²) >= 11 is 6.05. The number of carbonyl (C=O) groups is 3. The molecule has 1 aromatic heterocycles. The fraction of sp³-hybridized carbons (Fsp3) is 0.375. The number of amides is 1. The van der Waals surface area contributed by atoms with E-state index in [2.05, 4.69) is 4.98 Å². The summed E-state index contributed by atoms with van der Waals surface area (Å²) < 4.78 is 5.08. The van der Waals surface area contributed by atoms with Gasteiger partial charge in [-0.2, -0.15) is 0 Å². The molecule has 3 rings (SSSR count). The highest BCUT2D eigenvalue weighted by Crippen LogP contribution is 2.41. The second kappa shape index (κ2) is 9.80. The largest absolute Gasteiger partial charge is 0.507 e. The van der Waals surface area contributed by atoms with Crippen LogP contribution in [0, 0.1) is 13.8 Å². The highest BCUT2D eigenvalue weighted by molar-refractivity contribution is 6.46. The minimum atomic E-state index is -0.790. The quantitative estimate of drug-likeness (QED) is 0.276. The Morgan fingerprint density at radius 3 is 2.42 bits per heavy atom. The first-order valence-electron chi connectivity index (χ1n) is 10.6. The first-order chi connectivity index (χ1) is 15.6. The Kier molecular flexibility index (Phi) is 7.29. The van der Waals surface area contributed by atoms with Crippen LogP contribution in [-0.2, 0) is 14.3 Å². The normalized spacial score (nSPS) is 17.8. The molecule has 2 N–H and O–H groups in total. The van der Waals surface area contributed by atoms with Crippen LogP contribution in [-0.4, -0.2) is 71.3 Å². The SMILES string of the molecule is CCOC(=O)c1[nH]c(C)c(/C(O)=C2\C(=O)C(=O)N(CCN(C)C)[C@@H]2c2ccc(Cl)cc2)c1C. The molecule has 0 radical (unpaired) electrons. The number of nitrogens with zero attached hydrogens (tertiary/aromatic N) is 2. The topological polar surface area (TPSA) is 103 Å². The molecule has 1 amide bonds. The number of hydrogen-bond acceptors (Lipinski definition) is 6. The lowest BCUT2D eigenvalue weighted by Crippen LogP contribution is -2.35. The zero-order valence-corrected chi connectivity index (χ0v) is 20.1. The second-order valence-electron chi connectivity index (χ2n) is 8.19. The van der Waals surface area contributed by atoms with Crippen molar-refractivity contribution in [3.63, 3.8) is 0 Å². The summed E-state index contributed by atoms with van der Waals surface area (Å²) in [5, 5.41) is 11.9. The third-order valence-corrected chi connectivity index (χ3v) is 5.92. The van der Waals surface area contributed by atoms with Crippen LogP contribution in [0.25, 0.3) is 5.76 Å². The van der Waals surface area contributed by atoms with Gasteiger partial charge in [-0.1, -0.05) is 23.7 Å². The monoisotopic (exact) mass is 473 g/mol. The number of aliphatic hydroxyl groups excluding tert-OH is 1. The summed E-state index contributed by atoms with van der Waals surface area (Å²) in [5.41, 5.74) is 2.06. The molecule has 1 atom stereocenters. The fourth-order valence-electron chi connectivity index (χ4n) is 4.06. The van der Waals surface area contributed by atoms with Gasteiger partial charge in [-0.05, 0) is 58.1 Å². The Balaban J connectivity index is 2.19. The molecule has 2 heterocycles. The molecule has 0 spiro atoms. The van der Waals surface area contributed by atoms with Gasteiger partial charge in [0.15, 0.2) is 0 Å². The predicted octanol–water partition coefficient (Wildman–Crippen LogP) is 3.44. The Labute approximate surface area is 197 Å². The molecule has 0 aliphatic carbocycles. The lowest BCUT2D eigenvalue weighted by molar-refractivity contribution is -0.140. The maximum absolute atomic E-state index is 13.1. The highest BCUT2D eigenvalue weighted by Gasteiger charge is 2.46. The number of carbonyl (C=O) groups excluding carboxylic acids is 3. The number of rotatable bonds is 7. The molecule has 0 saturated carbocycles. The summed E-state index contributed by atoms with van der Waals surface area (Å²) in [4.78, 5) is 44.7. The van der Waals surface area contributed by atoms with E-state index in [1.807, 2.05) is 19.0 Å². The number of ketones is 1. The molecule has 33 heavy (non-hydrogen) atoms. The molecule has 176 valence electrons. The molecule has 8 nitrogen and oxygen atoms in total. The van der Waals surface area contributed by atoms with E-state index in [1.54, 1.807) is 45.0 Å². The molecule has 1 fully saturated rings. The molecular formula is C24H28ClN3O5. The Morgan fingerprint density at radius 1 is 1.21 bits per heavy atom. The van der Waals surface area contributed by atoms with Crippen LogP contribution in [0.4, 0.5) is 0 Å². The van der Waals surface area contributed by atoms with Crippen LogP contribution >= 0.6 is 11.6 Å². The Hall–Kier alpha value is -3.10. The van der Waals surface area contributed by atoms with E-state index in [0.717, 1.165) is 0 Å². The second-order valence-corrected chi connectivity index (χ2v) is 8.63. The van der Waals surface area contributed by atoms with E-state index in [0.29, 0.717) is 40.5 Å². The average molecular weight is 474 g/mol. The number of nitrogens with one attached hydrogen (secondary N) is 1. The number of benzene rings is 1. The number of esters is 1. The van der Waals surface area contributed by atoms with E-state index < -0.39 is 23.7 Å². The lowest BCUT2D eigenvalue weighted by atomic mass is 9.94. The van der Waals surface area contributed by atoms with Crippen LogP contribution in [0.1, 0.15) is 45.8 Å². The average Bonchev–Trinajstić information content (AvgIpc) is 3.19. The van der Waals surface area contributed by atoms with Crippen LogP contribution in [0.5, 0.6) is 0 Å². The Bertz CT molecular complexity index is 1120. The molecular weight excluding hydrogens is 446 g/mol. The minimum absolute atomic E-state index is 0.0262. The number of aliphatic hydroxyl groups is 1. The van der Waals surface area contributed by atoms with Crippen molar-refractivity contribution in [2.45, 2.75) is 26.8 Å². The number of ether oxygens (including phenoxy) is 1. The smallest absolute Gasteiger partial charge is 0.355 e. The first-order valence-corrected chi connectivity index (χ1v) is 11.0. The standard InChI is InChI=1S/C24H28ClN3O5/c1-6-33-24(32)19-13(2)17(14(3)26-19)21(29)18-20(15-7-9-16(25)10-8-15)28(12-11-27(4)5)23(31)22(18)30/h7-10,20,26,29H,6,11-12H2,1-5H3/b21-18+/t20-/m1/s1. The maximum atomic E-state index is 13.1. The number of H-pyrrole nitrogens is 1. The van der Waals surface area contributed by atoms with Gasteiger partial charge in [-0.3, -0.25) is 9.59 Å². The van der Waals surface area contributed by atoms with Crippen LogP contribution in [0.15, 0.2) is 29.8 Å². The van der Waals surface area contributed by atoms with Gasteiger partial charge in [-0.25, -0.2) is 4.79 Å². The van der Waals surface area contributed by atoms with E-state index in [9.17, 15) is 19.5 Å². The summed E-state index contributed by atoms with van der Waals surface area (Å²) in [6, 6.07) is 6.02. The number of aromatic amines is 1. The van der Waals surface area contributed by atoms with Gasteiger partial charge in [0.05, 0.1) is 18.2 Å². The van der Waals surface area contributed by atoms with Gasteiger partial charge in [-0.15, -0.1) is 0 Å². The molecule has 9 heteroatoms. The molecule has 0 bridgehead atoms. The lowest BCUT2D eigenvalue weighted by Gasteiger charge is -2.26. The number of aromatic nitrogens is 1. The third kappa shape index (κ3) is 4.67. The number of likely N-dealkylation sites (N-methyl/N-ethyl adjacent to an activating group) is 1. The van der Waals surface area contributed by atoms with Gasteiger partial charge in [0.25, 0.3) is 11.7 Å². The van der Waals surface area contributed by atoms with Crippen molar-refractivity contribution in [3.8, 4) is 0 Å². The Morgan fingerprint density at radius 2 is 1.85 bits per heavy atom. The predicted molar refractivity (Wildman–Crippen MR) is 125 cm³/mol. The summed E-state index contributed by atoms with van der Waals surface area (Å²) in [6.07, 6.45) is 0. The molecule has 1 aromatic carbocycles. The van der Waals surface area contributed by atoms with Crippen molar-refractivity contribution in [1.29, 1.82) is 0 Å². The van der Waals surface area contributed by atoms with Crippen LogP contribution in [0.3, 0.4) is 0 Å². The van der Waals surface area contributed by atoms with Gasteiger partial charge in [0, 0.05) is 29.4 Å². The van der Waals surface area contributed by atoms with Crippen molar-refractivity contribution in [2.24, 2.45) is 0 Å². The van der Waals surface area contributed by atoms with Gasteiger partial charge in [0.2, 0.25) is 0 Å². The summed E-state index contributed by atoms with van der Waals surface area (Å²) in [5.74, 6) is -2.35. The molecule has 0 unspecified atom stereocenters. The number of Topliss-reactive ketones (excluding diaryl/α,β-unsaturated/α-hetero) is 1. The van der Waals surface area contributed by atoms with E-state index in [1.165, 1.54) is 4.90 Å². The highest BCUT2D eigenvalue weighted by atomic mass is 35.5. The van der Waals surface area contributed by atoms with Crippen LogP contribution < -0.4 is 0 Å². The third-order valence-electron chi connectivity index (χ3n) is 5.67. The van der Waals surface area contributed by atoms with Crippen molar-refractivity contribution in [3.05, 3.63) is 62.9 Å². The zero-order valence-electron chi connectivity index (χ0n) is 19.4. The van der Waals surface area contributed by atoms with Gasteiger partial charge < -0.3 is 24.6 Å². The van der Waals surface area contributed by atoms with Crippen molar-refractivity contribution >= 4 is 35.0 Å². The number of hydrogen-bond donors (Lipinski definition) is 2. The fourth-order valence-corrected chi connectivity index (χ4v) is 4.18. The zero-order chi connectivity index (χ0) is 24.4. The molecule has 1 aliphatic rings.